The molecule has 1 aromatic rings. The first-order valence-corrected chi connectivity index (χ1v) is 4.44. The molecule has 0 aliphatic rings. The molecule has 1 aromatic heterocycles. The second-order valence-electron chi connectivity index (χ2n) is 2.78. The predicted molar refractivity (Wildman–Crippen MR) is 58.8 cm³/mol. The fraction of sp³-hybridized carbons (Fsp3) is 0.444. The van der Waals surface area contributed by atoms with Crippen LogP contribution in [0.25, 0.3) is 0 Å². The first-order chi connectivity index (χ1) is 6.78. The Labute approximate surface area is 83.6 Å². The maximum atomic E-state index is 9.08. The number of aliphatic hydroxyl groups is 1. The number of rotatable bonds is 4. The smallest absolute Gasteiger partial charge is 0.0911 e. The fourth-order valence-corrected chi connectivity index (χ4v) is 1.39. The van der Waals surface area contributed by atoms with Crippen molar-refractivity contribution in [3.8, 4) is 0 Å². The molecule has 5 heteroatoms. The Bertz CT molecular complexity index is 283. The van der Waals surface area contributed by atoms with Crippen LogP contribution in [0.5, 0.6) is 0 Å². The Morgan fingerprint density at radius 2 is 1.79 bits per heavy atom. The molecule has 1 heterocycles. The van der Waals surface area contributed by atoms with Gasteiger partial charge in [0.05, 0.1) is 35.6 Å². The van der Waals surface area contributed by atoms with E-state index < -0.39 is 0 Å². The van der Waals surface area contributed by atoms with E-state index in [-0.39, 0.29) is 6.61 Å². The minimum atomic E-state index is -0.0746. The maximum absolute atomic E-state index is 9.08. The van der Waals surface area contributed by atoms with Crippen molar-refractivity contribution >= 4 is 17.1 Å². The highest BCUT2D eigenvalue weighted by Crippen LogP contribution is 2.31. The normalized spacial score (nSPS) is 9.71. The highest BCUT2D eigenvalue weighted by Gasteiger charge is 2.10. The van der Waals surface area contributed by atoms with Gasteiger partial charge in [0, 0.05) is 21.1 Å². The summed E-state index contributed by atoms with van der Waals surface area (Å²) in [6.45, 7) is -0.0746. The van der Waals surface area contributed by atoms with Crippen molar-refractivity contribution < 1.29 is 5.11 Å². The summed E-state index contributed by atoms with van der Waals surface area (Å²) in [4.78, 5) is 4.13. The molecule has 0 fully saturated rings. The number of anilines is 3. The SMILES string of the molecule is CNc1cnc(CO)c(NC)c1NC. The molecule has 0 amide bonds. The fourth-order valence-electron chi connectivity index (χ4n) is 1.39. The highest BCUT2D eigenvalue weighted by atomic mass is 16.3. The molecular weight excluding hydrogens is 180 g/mol. The number of aliphatic hydroxyl groups excluding tert-OH is 1. The summed E-state index contributed by atoms with van der Waals surface area (Å²) in [5.41, 5.74) is 3.26. The summed E-state index contributed by atoms with van der Waals surface area (Å²) in [5, 5.41) is 18.2. The van der Waals surface area contributed by atoms with Crippen LogP contribution >= 0.6 is 0 Å². The van der Waals surface area contributed by atoms with Crippen LogP contribution in [-0.2, 0) is 6.61 Å². The minimum absolute atomic E-state index is 0.0746. The van der Waals surface area contributed by atoms with Gasteiger partial charge in [0.15, 0.2) is 0 Å². The van der Waals surface area contributed by atoms with Crippen LogP contribution in [0.2, 0.25) is 0 Å². The van der Waals surface area contributed by atoms with E-state index in [2.05, 4.69) is 20.9 Å². The zero-order chi connectivity index (χ0) is 10.6. The van der Waals surface area contributed by atoms with Gasteiger partial charge in [-0.15, -0.1) is 0 Å². The Morgan fingerprint density at radius 1 is 1.14 bits per heavy atom. The molecule has 4 N–H and O–H groups in total. The minimum Gasteiger partial charge on any atom is -0.390 e. The van der Waals surface area contributed by atoms with Gasteiger partial charge in [-0.3, -0.25) is 4.98 Å². The van der Waals surface area contributed by atoms with Crippen molar-refractivity contribution in [3.05, 3.63) is 11.9 Å². The molecule has 0 saturated heterocycles. The second-order valence-corrected chi connectivity index (χ2v) is 2.78. The molecule has 0 bridgehead atoms. The lowest BCUT2D eigenvalue weighted by Crippen LogP contribution is -2.06. The Morgan fingerprint density at radius 3 is 2.21 bits per heavy atom. The van der Waals surface area contributed by atoms with Crippen LogP contribution in [0.15, 0.2) is 6.20 Å². The number of nitrogens with one attached hydrogen (secondary N) is 3. The molecule has 0 aromatic carbocycles. The van der Waals surface area contributed by atoms with Crippen molar-refractivity contribution in [2.45, 2.75) is 6.61 Å². The molecule has 1 rings (SSSR count). The van der Waals surface area contributed by atoms with Crippen LogP contribution in [0, 0.1) is 0 Å². The number of aromatic nitrogens is 1. The molecule has 78 valence electrons. The van der Waals surface area contributed by atoms with Crippen molar-refractivity contribution in [1.29, 1.82) is 0 Å². The third-order valence-corrected chi connectivity index (χ3v) is 2.08. The van der Waals surface area contributed by atoms with E-state index in [9.17, 15) is 0 Å². The van der Waals surface area contributed by atoms with Crippen LogP contribution < -0.4 is 16.0 Å². The third kappa shape index (κ3) is 1.72. The quantitative estimate of drug-likeness (QED) is 0.570. The number of hydrogen-bond donors (Lipinski definition) is 4. The molecule has 0 radical (unpaired) electrons. The lowest BCUT2D eigenvalue weighted by atomic mass is 10.2. The van der Waals surface area contributed by atoms with Gasteiger partial charge < -0.3 is 21.1 Å². The zero-order valence-electron chi connectivity index (χ0n) is 8.68. The number of hydrogen-bond acceptors (Lipinski definition) is 5. The van der Waals surface area contributed by atoms with Gasteiger partial charge in [-0.2, -0.15) is 0 Å². The van der Waals surface area contributed by atoms with E-state index in [0.717, 1.165) is 17.1 Å². The monoisotopic (exact) mass is 196 g/mol. The van der Waals surface area contributed by atoms with Crippen LogP contribution in [0.3, 0.4) is 0 Å². The summed E-state index contributed by atoms with van der Waals surface area (Å²) in [6, 6.07) is 0. The summed E-state index contributed by atoms with van der Waals surface area (Å²) in [6.07, 6.45) is 1.69. The molecule has 0 atom stereocenters. The predicted octanol–water partition coefficient (Wildman–Crippen LogP) is 0.699. The first-order valence-electron chi connectivity index (χ1n) is 4.44. The van der Waals surface area contributed by atoms with E-state index in [1.165, 1.54) is 0 Å². The van der Waals surface area contributed by atoms with E-state index in [1.54, 1.807) is 13.2 Å². The van der Waals surface area contributed by atoms with Crippen molar-refractivity contribution in [2.75, 3.05) is 37.1 Å². The summed E-state index contributed by atoms with van der Waals surface area (Å²) >= 11 is 0. The van der Waals surface area contributed by atoms with Gasteiger partial charge in [0.25, 0.3) is 0 Å². The van der Waals surface area contributed by atoms with Gasteiger partial charge in [0.2, 0.25) is 0 Å². The number of pyridine rings is 1. The van der Waals surface area contributed by atoms with Gasteiger partial charge in [-0.1, -0.05) is 0 Å². The maximum Gasteiger partial charge on any atom is 0.0911 e. The lowest BCUT2D eigenvalue weighted by molar-refractivity contribution is 0.277. The van der Waals surface area contributed by atoms with E-state index in [1.807, 2.05) is 14.1 Å². The van der Waals surface area contributed by atoms with Crippen LogP contribution in [0.4, 0.5) is 17.1 Å². The lowest BCUT2D eigenvalue weighted by Gasteiger charge is -2.15. The first kappa shape index (κ1) is 10.6. The van der Waals surface area contributed by atoms with Gasteiger partial charge in [-0.05, 0) is 0 Å². The van der Waals surface area contributed by atoms with Gasteiger partial charge >= 0.3 is 0 Å². The third-order valence-electron chi connectivity index (χ3n) is 2.08. The van der Waals surface area contributed by atoms with Crippen molar-refractivity contribution in [3.63, 3.8) is 0 Å². The Balaban J connectivity index is 3.28. The topological polar surface area (TPSA) is 69.2 Å². The summed E-state index contributed by atoms with van der Waals surface area (Å²) in [5.74, 6) is 0. The molecular formula is C9H16N4O. The van der Waals surface area contributed by atoms with Gasteiger partial charge in [0.1, 0.15) is 0 Å². The van der Waals surface area contributed by atoms with E-state index >= 15 is 0 Å². The van der Waals surface area contributed by atoms with Crippen molar-refractivity contribution in [1.82, 2.24) is 4.98 Å². The molecule has 0 aliphatic carbocycles. The molecule has 14 heavy (non-hydrogen) atoms. The highest BCUT2D eigenvalue weighted by molar-refractivity contribution is 5.82. The Hall–Kier alpha value is -1.49. The van der Waals surface area contributed by atoms with Crippen LogP contribution in [-0.4, -0.2) is 31.2 Å². The summed E-state index contributed by atoms with van der Waals surface area (Å²) in [7, 11) is 5.46. The largest absolute Gasteiger partial charge is 0.390 e. The van der Waals surface area contributed by atoms with Gasteiger partial charge in [-0.25, -0.2) is 0 Å². The second kappa shape index (κ2) is 4.66. The number of nitrogens with zero attached hydrogens (tertiary/aromatic N) is 1. The standard InChI is InChI=1S/C9H16N4O/c1-10-6-4-13-7(5-14)9(12-3)8(6)11-2/h4,10,12,14H,5H2,1-3H3,(H,11,13). The summed E-state index contributed by atoms with van der Waals surface area (Å²) < 4.78 is 0. The Kier molecular flexibility index (Phi) is 3.53. The van der Waals surface area contributed by atoms with E-state index in [4.69, 9.17) is 5.11 Å². The van der Waals surface area contributed by atoms with Crippen molar-refractivity contribution in [2.24, 2.45) is 0 Å². The van der Waals surface area contributed by atoms with E-state index in [0.29, 0.717) is 5.69 Å². The van der Waals surface area contributed by atoms with Crippen LogP contribution in [0.1, 0.15) is 5.69 Å². The molecule has 0 saturated carbocycles. The average molecular weight is 196 g/mol. The molecule has 0 unspecified atom stereocenters. The average Bonchev–Trinajstić information content (AvgIpc) is 2.26. The zero-order valence-corrected chi connectivity index (χ0v) is 8.68. The molecule has 0 aliphatic heterocycles. The molecule has 5 nitrogen and oxygen atoms in total. The molecule has 0 spiro atoms.